The molecule has 1 aromatic carbocycles. The Labute approximate surface area is 130 Å². The summed E-state index contributed by atoms with van der Waals surface area (Å²) in [5.41, 5.74) is 6.37. The minimum Gasteiger partial charge on any atom is -0.486 e. The summed E-state index contributed by atoms with van der Waals surface area (Å²) in [6, 6.07) is 5.63. The Hall–Kier alpha value is -1.46. The molecule has 0 aliphatic carbocycles. The van der Waals surface area contributed by atoms with E-state index in [0.29, 0.717) is 42.7 Å². The van der Waals surface area contributed by atoms with Crippen molar-refractivity contribution in [3.63, 3.8) is 0 Å². The number of halogens is 1. The van der Waals surface area contributed by atoms with E-state index in [9.17, 15) is 4.79 Å². The van der Waals surface area contributed by atoms with Crippen LogP contribution in [-0.4, -0.2) is 43.2 Å². The molecule has 1 amide bonds. The fourth-order valence-electron chi connectivity index (χ4n) is 2.94. The first-order valence-corrected chi connectivity index (χ1v) is 7.09. The molecule has 1 aromatic rings. The summed E-state index contributed by atoms with van der Waals surface area (Å²) in [5, 5.41) is 0. The molecule has 2 heterocycles. The topological polar surface area (TPSA) is 64.8 Å². The minimum atomic E-state index is 0. The van der Waals surface area contributed by atoms with Crippen LogP contribution in [0, 0.1) is 5.92 Å². The van der Waals surface area contributed by atoms with E-state index in [4.69, 9.17) is 15.2 Å². The number of carbonyl (C=O) groups excluding carboxylic acids is 1. The molecule has 0 bridgehead atoms. The molecule has 0 radical (unpaired) electrons. The summed E-state index contributed by atoms with van der Waals surface area (Å²) in [5.74, 6) is 1.82. The summed E-state index contributed by atoms with van der Waals surface area (Å²) in [4.78, 5) is 14.5. The highest BCUT2D eigenvalue weighted by molar-refractivity contribution is 5.95. The molecule has 2 N–H and O–H groups in total. The fraction of sp³-hybridized carbons (Fsp3) is 0.533. The summed E-state index contributed by atoms with van der Waals surface area (Å²) >= 11 is 0. The third kappa shape index (κ3) is 3.09. The van der Waals surface area contributed by atoms with Crippen molar-refractivity contribution in [2.24, 2.45) is 11.7 Å². The maximum Gasteiger partial charge on any atom is 0.254 e. The van der Waals surface area contributed by atoms with E-state index in [-0.39, 0.29) is 24.4 Å². The van der Waals surface area contributed by atoms with Gasteiger partial charge in [-0.25, -0.2) is 0 Å². The van der Waals surface area contributed by atoms with Crippen molar-refractivity contribution >= 4 is 18.3 Å². The van der Waals surface area contributed by atoms with Gasteiger partial charge in [-0.2, -0.15) is 0 Å². The Morgan fingerprint density at radius 3 is 2.71 bits per heavy atom. The molecule has 2 atom stereocenters. The van der Waals surface area contributed by atoms with E-state index >= 15 is 0 Å². The van der Waals surface area contributed by atoms with Crippen LogP contribution in [0.25, 0.3) is 0 Å². The van der Waals surface area contributed by atoms with Crippen LogP contribution in [-0.2, 0) is 0 Å². The van der Waals surface area contributed by atoms with Gasteiger partial charge in [0.05, 0.1) is 0 Å². The van der Waals surface area contributed by atoms with E-state index < -0.39 is 0 Å². The number of amides is 1. The second-order valence-electron chi connectivity index (χ2n) is 5.50. The lowest BCUT2D eigenvalue weighted by molar-refractivity contribution is 0.0742. The molecular weight excluding hydrogens is 292 g/mol. The molecule has 6 heteroatoms. The van der Waals surface area contributed by atoms with Crippen molar-refractivity contribution in [1.82, 2.24) is 4.90 Å². The first-order valence-electron chi connectivity index (χ1n) is 7.09. The van der Waals surface area contributed by atoms with Crippen molar-refractivity contribution in [3.05, 3.63) is 23.8 Å². The van der Waals surface area contributed by atoms with Gasteiger partial charge in [0.2, 0.25) is 0 Å². The molecule has 2 aliphatic heterocycles. The monoisotopic (exact) mass is 312 g/mol. The smallest absolute Gasteiger partial charge is 0.254 e. The third-order valence-corrected chi connectivity index (χ3v) is 4.04. The lowest BCUT2D eigenvalue weighted by atomic mass is 10.1. The second kappa shape index (κ2) is 6.54. The largest absolute Gasteiger partial charge is 0.486 e. The van der Waals surface area contributed by atoms with Gasteiger partial charge in [-0.3, -0.25) is 4.79 Å². The minimum absolute atomic E-state index is 0. The molecule has 21 heavy (non-hydrogen) atoms. The molecule has 0 aromatic heterocycles. The Kier molecular flexibility index (Phi) is 4.96. The molecule has 3 rings (SSSR count). The molecule has 116 valence electrons. The van der Waals surface area contributed by atoms with Crippen LogP contribution >= 0.6 is 12.4 Å². The summed E-state index contributed by atoms with van der Waals surface area (Å²) < 4.78 is 11.0. The molecule has 5 nitrogen and oxygen atoms in total. The van der Waals surface area contributed by atoms with E-state index in [1.54, 1.807) is 12.1 Å². The molecule has 1 saturated heterocycles. The Morgan fingerprint density at radius 2 is 2.05 bits per heavy atom. The van der Waals surface area contributed by atoms with E-state index in [2.05, 4.69) is 6.92 Å². The van der Waals surface area contributed by atoms with Crippen molar-refractivity contribution in [3.8, 4) is 11.5 Å². The van der Waals surface area contributed by atoms with Crippen LogP contribution in [0.15, 0.2) is 18.2 Å². The molecular formula is C15H21ClN2O3. The zero-order valence-electron chi connectivity index (χ0n) is 12.1. The lowest BCUT2D eigenvalue weighted by Crippen LogP contribution is -2.34. The highest BCUT2D eigenvalue weighted by Crippen LogP contribution is 2.32. The zero-order chi connectivity index (χ0) is 14.1. The molecule has 0 spiro atoms. The van der Waals surface area contributed by atoms with Gasteiger partial charge in [0.15, 0.2) is 11.5 Å². The van der Waals surface area contributed by atoms with Crippen molar-refractivity contribution < 1.29 is 14.3 Å². The number of ether oxygens (including phenoxy) is 2. The van der Waals surface area contributed by atoms with Gasteiger partial charge in [0, 0.05) is 18.2 Å². The molecule has 0 saturated carbocycles. The molecule has 2 aliphatic rings. The van der Waals surface area contributed by atoms with Gasteiger partial charge in [-0.15, -0.1) is 12.4 Å². The summed E-state index contributed by atoms with van der Waals surface area (Å²) in [6.07, 6.45) is 0.979. The van der Waals surface area contributed by atoms with Crippen molar-refractivity contribution in [2.75, 3.05) is 26.3 Å². The predicted octanol–water partition coefficient (Wildman–Crippen LogP) is 1.69. The molecule has 2 unspecified atom stereocenters. The fourth-order valence-corrected chi connectivity index (χ4v) is 2.94. The average Bonchev–Trinajstić information content (AvgIpc) is 2.87. The quantitative estimate of drug-likeness (QED) is 0.902. The van der Waals surface area contributed by atoms with Gasteiger partial charge in [0.25, 0.3) is 5.91 Å². The summed E-state index contributed by atoms with van der Waals surface area (Å²) in [6.45, 7) is 4.54. The van der Waals surface area contributed by atoms with Gasteiger partial charge < -0.3 is 20.1 Å². The van der Waals surface area contributed by atoms with Crippen LogP contribution in [0.3, 0.4) is 0 Å². The number of fused-ring (bicyclic) bond motifs is 1. The van der Waals surface area contributed by atoms with Crippen LogP contribution in [0.1, 0.15) is 23.7 Å². The van der Waals surface area contributed by atoms with Crippen molar-refractivity contribution in [2.45, 2.75) is 19.4 Å². The molecule has 1 fully saturated rings. The number of rotatable bonds is 2. The van der Waals surface area contributed by atoms with Crippen LogP contribution < -0.4 is 15.2 Å². The number of benzene rings is 1. The highest BCUT2D eigenvalue weighted by Gasteiger charge is 2.32. The lowest BCUT2D eigenvalue weighted by Gasteiger charge is -2.23. The maximum absolute atomic E-state index is 12.6. The van der Waals surface area contributed by atoms with E-state index in [1.807, 2.05) is 11.0 Å². The Bertz CT molecular complexity index is 524. The standard InChI is InChI=1S/C15H20N2O3.ClH/c1-10-6-11(8-16)9-17(10)15(18)12-2-3-13-14(7-12)20-5-4-19-13;/h2-3,7,10-11H,4-6,8-9,16H2,1H3;1H. The van der Waals surface area contributed by atoms with Crippen LogP contribution in [0.4, 0.5) is 0 Å². The zero-order valence-corrected chi connectivity index (χ0v) is 12.9. The Balaban J connectivity index is 0.00000161. The third-order valence-electron chi connectivity index (χ3n) is 4.04. The average molecular weight is 313 g/mol. The van der Waals surface area contributed by atoms with Crippen LogP contribution in [0.2, 0.25) is 0 Å². The number of nitrogens with two attached hydrogens (primary N) is 1. The first kappa shape index (κ1) is 15.9. The van der Waals surface area contributed by atoms with E-state index in [0.717, 1.165) is 13.0 Å². The van der Waals surface area contributed by atoms with Crippen LogP contribution in [0.5, 0.6) is 11.5 Å². The predicted molar refractivity (Wildman–Crippen MR) is 82.3 cm³/mol. The van der Waals surface area contributed by atoms with Gasteiger partial charge in [-0.1, -0.05) is 0 Å². The number of hydrogen-bond acceptors (Lipinski definition) is 4. The Morgan fingerprint density at radius 1 is 1.33 bits per heavy atom. The number of nitrogens with zero attached hydrogens (tertiary/aromatic N) is 1. The van der Waals surface area contributed by atoms with Crippen molar-refractivity contribution in [1.29, 1.82) is 0 Å². The highest BCUT2D eigenvalue weighted by atomic mass is 35.5. The van der Waals surface area contributed by atoms with Gasteiger partial charge in [0.1, 0.15) is 13.2 Å². The van der Waals surface area contributed by atoms with Gasteiger partial charge >= 0.3 is 0 Å². The SMILES string of the molecule is CC1CC(CN)CN1C(=O)c1ccc2c(c1)OCCO2.Cl. The second-order valence-corrected chi connectivity index (χ2v) is 5.50. The maximum atomic E-state index is 12.6. The van der Waals surface area contributed by atoms with E-state index in [1.165, 1.54) is 0 Å². The first-order chi connectivity index (χ1) is 9.69. The van der Waals surface area contributed by atoms with Gasteiger partial charge in [-0.05, 0) is 44.0 Å². The number of likely N-dealkylation sites (tertiary alicyclic amines) is 1. The number of hydrogen-bond donors (Lipinski definition) is 1. The normalized spacial score (nSPS) is 23.6. The number of carbonyl (C=O) groups is 1. The summed E-state index contributed by atoms with van der Waals surface area (Å²) in [7, 11) is 0.